The Labute approximate surface area is 287 Å². The second-order valence-corrected chi connectivity index (χ2v) is 13.5. The van der Waals surface area contributed by atoms with E-state index in [1.54, 1.807) is 0 Å². The number of hydrogen-bond donors (Lipinski definition) is 0. The van der Waals surface area contributed by atoms with Crippen molar-refractivity contribution in [2.45, 2.75) is 58.8 Å². The number of benzene rings is 4. The maximum Gasteiger partial charge on any atom is 4.00 e. The average molecular weight is 774 g/mol. The third kappa shape index (κ3) is 10.6. The minimum absolute atomic E-state index is 0. The Morgan fingerprint density at radius 3 is 1.71 bits per heavy atom. The first-order chi connectivity index (χ1) is 18.6. The van der Waals surface area contributed by atoms with Crippen LogP contribution in [0.25, 0.3) is 21.5 Å². The molecule has 42 heavy (non-hydrogen) atoms. The topological polar surface area (TPSA) is 0 Å². The third-order valence-corrected chi connectivity index (χ3v) is 8.09. The molecule has 0 spiro atoms. The predicted molar refractivity (Wildman–Crippen MR) is 174 cm³/mol. The number of hydrogen-bond acceptors (Lipinski definition) is 0. The first kappa shape index (κ1) is 37.9. The molecule has 1 aliphatic rings. The van der Waals surface area contributed by atoms with Gasteiger partial charge in [-0.1, -0.05) is 154 Å². The quantitative estimate of drug-likeness (QED) is 0.192. The van der Waals surface area contributed by atoms with E-state index in [9.17, 15) is 0 Å². The Morgan fingerprint density at radius 2 is 1.26 bits per heavy atom. The monoisotopic (exact) mass is 774 g/mol. The van der Waals surface area contributed by atoms with Crippen molar-refractivity contribution in [2.24, 2.45) is 0 Å². The van der Waals surface area contributed by atoms with E-state index >= 15 is 0 Å². The summed E-state index contributed by atoms with van der Waals surface area (Å²) < 4.78 is 0. The van der Waals surface area contributed by atoms with E-state index in [-0.39, 0.29) is 61.5 Å². The summed E-state index contributed by atoms with van der Waals surface area (Å²) >= 11 is 0. The summed E-state index contributed by atoms with van der Waals surface area (Å²) in [5.74, 6) is 0. The molecule has 6 rings (SSSR count). The van der Waals surface area contributed by atoms with Crippen LogP contribution in [0.15, 0.2) is 121 Å². The van der Waals surface area contributed by atoms with E-state index in [1.807, 2.05) is 12.2 Å². The molecule has 1 aliphatic carbocycles. The van der Waals surface area contributed by atoms with Gasteiger partial charge in [-0.15, -0.1) is 40.1 Å². The smallest absolute Gasteiger partial charge is 1.00 e. The van der Waals surface area contributed by atoms with Crippen molar-refractivity contribution in [3.8, 4) is 0 Å². The van der Waals surface area contributed by atoms with Gasteiger partial charge in [-0.25, -0.2) is 12.2 Å². The van der Waals surface area contributed by atoms with Crippen molar-refractivity contribution in [1.29, 1.82) is 0 Å². The van der Waals surface area contributed by atoms with Gasteiger partial charge in [0.05, 0.1) is 0 Å². The minimum Gasteiger partial charge on any atom is -1.00 e. The number of fused-ring (bicyclic) bond motifs is 3. The number of halogens is 2. The first-order valence-electron chi connectivity index (χ1n) is 13.8. The Morgan fingerprint density at radius 1 is 0.667 bits per heavy atom. The molecular formula is C38H40Cl2HfSi. The SMILES string of the molecule is CC(C)(C)c1ccc2[cH-]c3c(C(C)(C)C)cccc3c2c1.[C-]1=CC=CC1.[Cl-].[Cl-].[Hf+4].c1ccc([Si]c2ccccc2)cc1. The summed E-state index contributed by atoms with van der Waals surface area (Å²) in [6.07, 6.45) is 10.0. The Balaban J connectivity index is 0.000000360. The first-order valence-corrected chi connectivity index (χ1v) is 14.8. The molecule has 214 valence electrons. The molecule has 0 saturated heterocycles. The fraction of sp³-hybridized carbons (Fsp3) is 0.237. The summed E-state index contributed by atoms with van der Waals surface area (Å²) in [7, 11) is 0.777. The van der Waals surface area contributed by atoms with Crippen LogP contribution in [0.4, 0.5) is 0 Å². The Kier molecular flexibility index (Phi) is 15.6. The second kappa shape index (κ2) is 17.3. The maximum absolute atomic E-state index is 2.99. The average Bonchev–Trinajstić information content (AvgIpc) is 3.61. The van der Waals surface area contributed by atoms with Gasteiger partial charge in [0.1, 0.15) is 9.52 Å². The Bertz CT molecular complexity index is 1510. The fourth-order valence-electron chi connectivity index (χ4n) is 4.70. The molecule has 0 fully saturated rings. The molecule has 0 heterocycles. The summed E-state index contributed by atoms with van der Waals surface area (Å²) in [6.45, 7) is 13.7. The van der Waals surface area contributed by atoms with Crippen LogP contribution in [0, 0.1) is 6.08 Å². The fourth-order valence-corrected chi connectivity index (χ4v) is 5.75. The van der Waals surface area contributed by atoms with Crippen molar-refractivity contribution in [2.75, 3.05) is 0 Å². The van der Waals surface area contributed by atoms with Crippen molar-refractivity contribution in [3.05, 3.63) is 139 Å². The van der Waals surface area contributed by atoms with Crippen LogP contribution in [0.3, 0.4) is 0 Å². The third-order valence-electron chi connectivity index (χ3n) is 6.85. The molecule has 5 aromatic carbocycles. The largest absolute Gasteiger partial charge is 4.00 e. The maximum atomic E-state index is 2.99. The van der Waals surface area contributed by atoms with Gasteiger partial charge in [0.25, 0.3) is 0 Å². The van der Waals surface area contributed by atoms with Crippen LogP contribution in [0.2, 0.25) is 0 Å². The number of rotatable bonds is 2. The Hall–Kier alpha value is -2.10. The van der Waals surface area contributed by atoms with E-state index in [1.165, 1.54) is 43.0 Å². The number of allylic oxidation sites excluding steroid dienone is 4. The molecule has 2 radical (unpaired) electrons. The van der Waals surface area contributed by atoms with E-state index in [0.29, 0.717) is 0 Å². The molecule has 0 aliphatic heterocycles. The van der Waals surface area contributed by atoms with Gasteiger partial charge in [-0.2, -0.15) is 6.08 Å². The van der Waals surface area contributed by atoms with Crippen molar-refractivity contribution in [3.63, 3.8) is 0 Å². The molecule has 0 N–H and O–H groups in total. The standard InChI is InChI=1S/C21H25.C12H10Si.C5H5.2ClH.Hf/c1-20(2,3)15-11-10-14-12-18-16(17(14)13-15)8-7-9-19(18)21(4,5)6;1-3-7-11(8-4-1)13-12-9-5-2-6-10-12;1-2-4-5-3-1;;;/h7-13H,1-6H3;1-10H;1-3H,4H2;2*1H;/q-1;;-1;;;+4/p-2. The zero-order valence-corrected chi connectivity index (χ0v) is 31.6. The van der Waals surface area contributed by atoms with Crippen LogP contribution in [-0.2, 0) is 36.7 Å². The van der Waals surface area contributed by atoms with Crippen LogP contribution < -0.4 is 35.2 Å². The summed E-state index contributed by atoms with van der Waals surface area (Å²) in [5, 5.41) is 8.34. The van der Waals surface area contributed by atoms with Gasteiger partial charge in [-0.05, 0) is 10.8 Å². The van der Waals surface area contributed by atoms with Gasteiger partial charge in [0.2, 0.25) is 0 Å². The molecule has 0 nitrogen and oxygen atoms in total. The molecule has 0 saturated carbocycles. The predicted octanol–water partition coefficient (Wildman–Crippen LogP) is 2.96. The van der Waals surface area contributed by atoms with Gasteiger partial charge in [-0.3, -0.25) is 6.08 Å². The normalized spacial score (nSPS) is 11.8. The second-order valence-electron chi connectivity index (χ2n) is 12.1. The molecule has 0 atom stereocenters. The summed E-state index contributed by atoms with van der Waals surface area (Å²) in [5.41, 5.74) is 3.22. The molecule has 0 aromatic heterocycles. The summed E-state index contributed by atoms with van der Waals surface area (Å²) in [4.78, 5) is 0. The van der Waals surface area contributed by atoms with E-state index in [2.05, 4.69) is 157 Å². The van der Waals surface area contributed by atoms with Gasteiger partial charge in [0, 0.05) is 0 Å². The molecule has 4 heteroatoms. The molecule has 0 unspecified atom stereocenters. The zero-order chi connectivity index (χ0) is 27.9. The van der Waals surface area contributed by atoms with E-state index < -0.39 is 0 Å². The van der Waals surface area contributed by atoms with Crippen LogP contribution in [0.1, 0.15) is 59.1 Å². The van der Waals surface area contributed by atoms with Crippen LogP contribution in [0.5, 0.6) is 0 Å². The van der Waals surface area contributed by atoms with E-state index in [4.69, 9.17) is 0 Å². The summed E-state index contributed by atoms with van der Waals surface area (Å²) in [6, 6.07) is 37.2. The van der Waals surface area contributed by atoms with Crippen molar-refractivity contribution < 1.29 is 50.7 Å². The van der Waals surface area contributed by atoms with Gasteiger partial charge < -0.3 is 24.8 Å². The van der Waals surface area contributed by atoms with E-state index in [0.717, 1.165) is 15.9 Å². The minimum atomic E-state index is 0. The van der Waals surface area contributed by atoms with Gasteiger partial charge >= 0.3 is 25.8 Å². The zero-order valence-electron chi connectivity index (χ0n) is 25.5. The molecule has 0 amide bonds. The molecule has 5 aromatic rings. The molecular weight excluding hydrogens is 734 g/mol. The van der Waals surface area contributed by atoms with Crippen molar-refractivity contribution in [1.82, 2.24) is 0 Å². The van der Waals surface area contributed by atoms with Gasteiger partial charge in [0.15, 0.2) is 0 Å². The van der Waals surface area contributed by atoms with Crippen LogP contribution in [-0.4, -0.2) is 9.52 Å². The molecule has 0 bridgehead atoms. The van der Waals surface area contributed by atoms with Crippen molar-refractivity contribution >= 4 is 41.4 Å². The van der Waals surface area contributed by atoms with Crippen LogP contribution >= 0.6 is 0 Å².